The first kappa shape index (κ1) is 16.9. The van der Waals surface area contributed by atoms with Gasteiger partial charge in [0, 0.05) is 23.2 Å². The molecule has 0 aliphatic heterocycles. The van der Waals surface area contributed by atoms with E-state index in [0.29, 0.717) is 0 Å². The molecule has 1 aliphatic carbocycles. The van der Waals surface area contributed by atoms with Gasteiger partial charge in [-0.2, -0.15) is 0 Å². The van der Waals surface area contributed by atoms with Gasteiger partial charge >= 0.3 is 0 Å². The van der Waals surface area contributed by atoms with Gasteiger partial charge in [0.2, 0.25) is 0 Å². The molecule has 24 heavy (non-hydrogen) atoms. The van der Waals surface area contributed by atoms with E-state index in [1.807, 2.05) is 12.1 Å². The first-order valence-electron chi connectivity index (χ1n) is 7.51. The van der Waals surface area contributed by atoms with Crippen LogP contribution in [0.4, 0.5) is 0 Å². The zero-order valence-electron chi connectivity index (χ0n) is 12.9. The molecule has 0 spiro atoms. The number of halogens is 2. The molecule has 0 fully saturated rings. The van der Waals surface area contributed by atoms with Crippen LogP contribution in [0.15, 0.2) is 65.6 Å². The fourth-order valence-electron chi connectivity index (χ4n) is 3.39. The van der Waals surface area contributed by atoms with Crippen molar-refractivity contribution in [1.82, 2.24) is 0 Å². The summed E-state index contributed by atoms with van der Waals surface area (Å²) in [6.45, 7) is 0. The molecule has 0 amide bonds. The summed E-state index contributed by atoms with van der Waals surface area (Å²) in [6, 6.07) is 20.9. The van der Waals surface area contributed by atoms with E-state index in [0.717, 1.165) is 35.0 Å². The maximum atomic E-state index is 11.9. The summed E-state index contributed by atoms with van der Waals surface area (Å²) in [5.41, 5.74) is 4.02. The van der Waals surface area contributed by atoms with E-state index < -0.39 is 5.60 Å². The third-order valence-electron chi connectivity index (χ3n) is 4.54. The molecule has 4 heteroatoms. The summed E-state index contributed by atoms with van der Waals surface area (Å²) in [5, 5.41) is 11.9. The molecule has 3 aromatic rings. The summed E-state index contributed by atoms with van der Waals surface area (Å²) in [6.07, 6.45) is 2.06. The average molecular weight is 556 g/mol. The number of benzene rings is 3. The fourth-order valence-corrected chi connectivity index (χ4v) is 4.78. The summed E-state index contributed by atoms with van der Waals surface area (Å²) in [7, 11) is 0. The Hall–Kier alpha value is -0.570. The largest absolute Gasteiger partial charge is 0.376 e. The Bertz CT molecular complexity index is 883. The van der Waals surface area contributed by atoms with Crippen molar-refractivity contribution in [1.29, 1.82) is 0 Å². The van der Waals surface area contributed by atoms with Gasteiger partial charge in [-0.15, -0.1) is 11.8 Å². The van der Waals surface area contributed by atoms with Gasteiger partial charge in [0.05, 0.1) is 0 Å². The van der Waals surface area contributed by atoms with Gasteiger partial charge in [0.15, 0.2) is 0 Å². The fraction of sp³-hybridized carbons (Fsp3) is 0.100. The maximum Gasteiger partial charge on any atom is 0.141 e. The van der Waals surface area contributed by atoms with Gasteiger partial charge in [0.1, 0.15) is 5.60 Å². The van der Waals surface area contributed by atoms with Crippen LogP contribution in [0.1, 0.15) is 16.7 Å². The molecule has 0 bridgehead atoms. The van der Waals surface area contributed by atoms with Crippen molar-refractivity contribution in [3.8, 4) is 11.1 Å². The highest BCUT2D eigenvalue weighted by Gasteiger charge is 2.43. The van der Waals surface area contributed by atoms with Gasteiger partial charge in [-0.1, -0.05) is 24.3 Å². The first-order valence-corrected chi connectivity index (χ1v) is 10.9. The molecule has 0 aromatic heterocycles. The first-order chi connectivity index (χ1) is 11.5. The Balaban J connectivity index is 2.03. The Kier molecular flexibility index (Phi) is 4.43. The SMILES string of the molecule is CSc1ccc(C2(O)c3cc(I)ccc3-c3ccc(I)cc32)cc1. The Morgan fingerprint density at radius 2 is 1.29 bits per heavy atom. The van der Waals surface area contributed by atoms with Crippen molar-refractivity contribution in [2.45, 2.75) is 10.5 Å². The minimum absolute atomic E-state index is 0.921. The highest BCUT2D eigenvalue weighted by atomic mass is 127. The van der Waals surface area contributed by atoms with E-state index >= 15 is 0 Å². The van der Waals surface area contributed by atoms with E-state index in [2.05, 4.69) is 100.0 Å². The minimum atomic E-state index is -1.09. The summed E-state index contributed by atoms with van der Waals surface area (Å²) >= 11 is 6.33. The van der Waals surface area contributed by atoms with Gasteiger partial charge in [0.25, 0.3) is 0 Å². The number of aliphatic hydroxyl groups is 1. The highest BCUT2D eigenvalue weighted by Crippen LogP contribution is 2.51. The van der Waals surface area contributed by atoms with E-state index in [-0.39, 0.29) is 0 Å². The standard InChI is InChI=1S/C20H14I2OS/c1-24-15-6-2-12(3-7-15)20(23)18-10-13(21)4-8-16(18)17-9-5-14(22)11-19(17)20/h2-11,23H,1H3. The Morgan fingerprint density at radius 1 is 0.792 bits per heavy atom. The number of thioether (sulfide) groups is 1. The molecule has 4 rings (SSSR count). The molecule has 1 N–H and O–H groups in total. The second-order valence-electron chi connectivity index (χ2n) is 5.82. The van der Waals surface area contributed by atoms with Crippen molar-refractivity contribution in [2.75, 3.05) is 6.26 Å². The van der Waals surface area contributed by atoms with E-state index in [4.69, 9.17) is 0 Å². The second-order valence-corrected chi connectivity index (χ2v) is 9.19. The topological polar surface area (TPSA) is 20.2 Å². The second kappa shape index (κ2) is 6.30. The highest BCUT2D eigenvalue weighted by molar-refractivity contribution is 14.1. The molecule has 0 saturated carbocycles. The van der Waals surface area contributed by atoms with Crippen LogP contribution in [-0.4, -0.2) is 11.4 Å². The average Bonchev–Trinajstić information content (AvgIpc) is 2.84. The predicted octanol–water partition coefficient (Wildman–Crippen LogP) is 5.88. The zero-order valence-corrected chi connectivity index (χ0v) is 18.0. The third-order valence-corrected chi connectivity index (χ3v) is 6.63. The Labute approximate surface area is 173 Å². The molecule has 1 nitrogen and oxygen atoms in total. The summed E-state index contributed by atoms with van der Waals surface area (Å²) in [4.78, 5) is 1.20. The van der Waals surface area contributed by atoms with Crippen LogP contribution in [-0.2, 0) is 5.60 Å². The van der Waals surface area contributed by atoms with Crippen LogP contribution in [0.25, 0.3) is 11.1 Å². The minimum Gasteiger partial charge on any atom is -0.376 e. The van der Waals surface area contributed by atoms with Crippen LogP contribution < -0.4 is 0 Å². The molecule has 0 saturated heterocycles. The van der Waals surface area contributed by atoms with E-state index in [1.165, 1.54) is 4.90 Å². The molecule has 0 unspecified atom stereocenters. The van der Waals surface area contributed by atoms with Crippen LogP contribution in [0.3, 0.4) is 0 Å². The van der Waals surface area contributed by atoms with Crippen LogP contribution >= 0.6 is 56.9 Å². The summed E-state index contributed by atoms with van der Waals surface area (Å²) < 4.78 is 2.26. The van der Waals surface area contributed by atoms with Crippen molar-refractivity contribution in [3.05, 3.63) is 84.5 Å². The number of fused-ring (bicyclic) bond motifs is 3. The van der Waals surface area contributed by atoms with Crippen LogP contribution in [0.5, 0.6) is 0 Å². The normalized spacial score (nSPS) is 14.3. The van der Waals surface area contributed by atoms with Crippen LogP contribution in [0, 0.1) is 7.14 Å². The molecule has 0 radical (unpaired) electrons. The van der Waals surface area contributed by atoms with Gasteiger partial charge < -0.3 is 5.11 Å². The maximum absolute atomic E-state index is 11.9. The number of hydrogen-bond donors (Lipinski definition) is 1. The molecule has 0 atom stereocenters. The zero-order chi connectivity index (χ0) is 16.9. The molecule has 3 aromatic carbocycles. The number of rotatable bonds is 2. The lowest BCUT2D eigenvalue weighted by Gasteiger charge is -2.27. The number of hydrogen-bond acceptors (Lipinski definition) is 2. The van der Waals surface area contributed by atoms with Gasteiger partial charge in [-0.05, 0) is 105 Å². The van der Waals surface area contributed by atoms with Crippen LogP contribution in [0.2, 0.25) is 0 Å². The van der Waals surface area contributed by atoms with E-state index in [9.17, 15) is 5.11 Å². The van der Waals surface area contributed by atoms with Crippen molar-refractivity contribution in [2.24, 2.45) is 0 Å². The van der Waals surface area contributed by atoms with Crippen molar-refractivity contribution < 1.29 is 5.11 Å². The summed E-state index contributed by atoms with van der Waals surface area (Å²) in [5.74, 6) is 0. The van der Waals surface area contributed by atoms with E-state index in [1.54, 1.807) is 11.8 Å². The molecular weight excluding hydrogens is 542 g/mol. The lowest BCUT2D eigenvalue weighted by Crippen LogP contribution is -2.26. The smallest absolute Gasteiger partial charge is 0.141 e. The van der Waals surface area contributed by atoms with Gasteiger partial charge in [-0.25, -0.2) is 0 Å². The van der Waals surface area contributed by atoms with Crippen molar-refractivity contribution >= 4 is 56.9 Å². The monoisotopic (exact) mass is 556 g/mol. The Morgan fingerprint density at radius 3 is 1.75 bits per heavy atom. The molecular formula is C20H14I2OS. The van der Waals surface area contributed by atoms with Gasteiger partial charge in [-0.3, -0.25) is 0 Å². The molecule has 120 valence electrons. The lowest BCUT2D eigenvalue weighted by atomic mass is 9.84. The lowest BCUT2D eigenvalue weighted by molar-refractivity contribution is 0.130. The third kappa shape index (κ3) is 2.53. The predicted molar refractivity (Wildman–Crippen MR) is 118 cm³/mol. The molecule has 1 aliphatic rings. The quantitative estimate of drug-likeness (QED) is 0.315. The van der Waals surface area contributed by atoms with Crippen molar-refractivity contribution in [3.63, 3.8) is 0 Å². The molecule has 0 heterocycles.